The van der Waals surface area contributed by atoms with E-state index in [1.807, 2.05) is 49.4 Å². The number of morpholine rings is 1. The number of anilines is 2. The van der Waals surface area contributed by atoms with Crippen LogP contribution in [0.25, 0.3) is 6.08 Å². The van der Waals surface area contributed by atoms with Crippen LogP contribution < -0.4 is 15.0 Å². The molecule has 0 saturated carbocycles. The molecule has 2 aromatic carbocycles. The van der Waals surface area contributed by atoms with Crippen molar-refractivity contribution in [3.8, 4) is 11.8 Å². The van der Waals surface area contributed by atoms with Crippen LogP contribution in [0.15, 0.2) is 48.0 Å². The van der Waals surface area contributed by atoms with Gasteiger partial charge in [-0.3, -0.25) is 4.79 Å². The van der Waals surface area contributed by atoms with Gasteiger partial charge < -0.3 is 19.7 Å². The molecule has 2 aromatic rings. The monoisotopic (exact) mass is 377 g/mol. The Bertz CT molecular complexity index is 925. The highest BCUT2D eigenvalue weighted by atomic mass is 16.5. The second-order valence-corrected chi connectivity index (χ2v) is 6.46. The first-order valence-electron chi connectivity index (χ1n) is 9.12. The van der Waals surface area contributed by atoms with Crippen LogP contribution in [-0.2, 0) is 9.53 Å². The third-order valence-corrected chi connectivity index (χ3v) is 4.65. The molecule has 6 heteroatoms. The van der Waals surface area contributed by atoms with Gasteiger partial charge in [0.2, 0.25) is 0 Å². The molecular weight excluding hydrogens is 354 g/mol. The van der Waals surface area contributed by atoms with Crippen LogP contribution in [0, 0.1) is 18.3 Å². The van der Waals surface area contributed by atoms with Gasteiger partial charge in [0.15, 0.2) is 0 Å². The van der Waals surface area contributed by atoms with Gasteiger partial charge >= 0.3 is 0 Å². The molecule has 6 nitrogen and oxygen atoms in total. The molecule has 1 aliphatic heterocycles. The minimum atomic E-state index is -0.448. The summed E-state index contributed by atoms with van der Waals surface area (Å²) >= 11 is 0. The summed E-state index contributed by atoms with van der Waals surface area (Å²) in [5.41, 5.74) is 3.33. The van der Waals surface area contributed by atoms with Gasteiger partial charge in [0.1, 0.15) is 17.4 Å². The number of nitriles is 1. The number of methoxy groups -OCH3 is 1. The first-order chi connectivity index (χ1) is 13.6. The van der Waals surface area contributed by atoms with E-state index in [0.29, 0.717) is 30.2 Å². The van der Waals surface area contributed by atoms with Crippen molar-refractivity contribution in [3.05, 3.63) is 59.2 Å². The fourth-order valence-corrected chi connectivity index (χ4v) is 3.04. The van der Waals surface area contributed by atoms with Crippen LogP contribution in [0.4, 0.5) is 11.4 Å². The van der Waals surface area contributed by atoms with Gasteiger partial charge in [-0.05, 0) is 36.8 Å². The highest BCUT2D eigenvalue weighted by molar-refractivity contribution is 6.10. The second kappa shape index (κ2) is 9.07. The number of nitrogens with zero attached hydrogens (tertiary/aromatic N) is 2. The van der Waals surface area contributed by atoms with Gasteiger partial charge in [-0.1, -0.05) is 18.2 Å². The summed E-state index contributed by atoms with van der Waals surface area (Å²) in [5, 5.41) is 12.3. The SMILES string of the molecule is COc1cc(N2CCOCC2)ccc1/C=C(/C#N)C(=O)Nc1ccccc1C. The smallest absolute Gasteiger partial charge is 0.266 e. The van der Waals surface area contributed by atoms with Gasteiger partial charge in [0.05, 0.1) is 20.3 Å². The Hall–Kier alpha value is -3.30. The van der Waals surface area contributed by atoms with Crippen molar-refractivity contribution in [2.45, 2.75) is 6.92 Å². The summed E-state index contributed by atoms with van der Waals surface area (Å²) < 4.78 is 10.9. The maximum atomic E-state index is 12.5. The lowest BCUT2D eigenvalue weighted by atomic mass is 10.1. The Morgan fingerprint density at radius 2 is 2.00 bits per heavy atom. The average molecular weight is 377 g/mol. The van der Waals surface area contributed by atoms with Gasteiger partial charge in [-0.25, -0.2) is 0 Å². The first-order valence-corrected chi connectivity index (χ1v) is 9.12. The summed E-state index contributed by atoms with van der Waals surface area (Å²) in [6.07, 6.45) is 1.55. The number of aryl methyl sites for hydroxylation is 1. The lowest BCUT2D eigenvalue weighted by molar-refractivity contribution is -0.112. The van der Waals surface area contributed by atoms with Gasteiger partial charge in [0.25, 0.3) is 5.91 Å². The van der Waals surface area contributed by atoms with Crippen molar-refractivity contribution in [2.75, 3.05) is 43.6 Å². The van der Waals surface area contributed by atoms with E-state index in [2.05, 4.69) is 10.2 Å². The van der Waals surface area contributed by atoms with Crippen LogP contribution in [-0.4, -0.2) is 39.3 Å². The Labute approximate surface area is 165 Å². The quantitative estimate of drug-likeness (QED) is 0.639. The van der Waals surface area contributed by atoms with Gasteiger partial charge in [-0.2, -0.15) is 5.26 Å². The minimum absolute atomic E-state index is 0.0145. The summed E-state index contributed by atoms with van der Waals surface area (Å²) in [6.45, 7) is 4.93. The van der Waals surface area contributed by atoms with E-state index in [-0.39, 0.29) is 5.57 Å². The number of nitrogens with one attached hydrogen (secondary N) is 1. The fourth-order valence-electron chi connectivity index (χ4n) is 3.04. The fraction of sp³-hybridized carbons (Fsp3) is 0.273. The molecule has 0 aliphatic carbocycles. The third kappa shape index (κ3) is 4.51. The molecule has 1 fully saturated rings. The predicted molar refractivity (Wildman–Crippen MR) is 109 cm³/mol. The number of hydrogen-bond donors (Lipinski definition) is 1. The van der Waals surface area contributed by atoms with Gasteiger partial charge in [0, 0.05) is 36.1 Å². The molecule has 0 radical (unpaired) electrons. The van der Waals surface area contributed by atoms with Crippen molar-refractivity contribution < 1.29 is 14.3 Å². The number of carbonyl (C=O) groups excluding carboxylic acids is 1. The van der Waals surface area contributed by atoms with Crippen molar-refractivity contribution in [3.63, 3.8) is 0 Å². The third-order valence-electron chi connectivity index (χ3n) is 4.65. The molecule has 1 aliphatic rings. The Morgan fingerprint density at radius 1 is 1.25 bits per heavy atom. The Morgan fingerprint density at radius 3 is 2.68 bits per heavy atom. The maximum absolute atomic E-state index is 12.5. The second-order valence-electron chi connectivity index (χ2n) is 6.46. The number of rotatable bonds is 5. The zero-order valence-electron chi connectivity index (χ0n) is 16.1. The topological polar surface area (TPSA) is 74.6 Å². The van der Waals surface area contributed by atoms with Crippen LogP contribution in [0.2, 0.25) is 0 Å². The molecule has 0 aromatic heterocycles. The largest absolute Gasteiger partial charge is 0.496 e. The molecule has 0 unspecified atom stereocenters. The molecule has 1 heterocycles. The predicted octanol–water partition coefficient (Wildman–Crippen LogP) is 3.39. The molecular formula is C22H23N3O3. The van der Waals surface area contributed by atoms with Crippen molar-refractivity contribution in [1.82, 2.24) is 0 Å². The van der Waals surface area contributed by atoms with E-state index in [9.17, 15) is 10.1 Å². The van der Waals surface area contributed by atoms with Gasteiger partial charge in [-0.15, -0.1) is 0 Å². The van der Waals surface area contributed by atoms with Crippen LogP contribution in [0.1, 0.15) is 11.1 Å². The molecule has 0 spiro atoms. The average Bonchev–Trinajstić information content (AvgIpc) is 2.74. The standard InChI is InChI=1S/C22H23N3O3/c1-16-5-3-4-6-20(16)24-22(26)18(15-23)13-17-7-8-19(14-21(17)27-2)25-9-11-28-12-10-25/h3-8,13-14H,9-12H2,1-2H3,(H,24,26)/b18-13-. The lowest BCUT2D eigenvalue weighted by Crippen LogP contribution is -2.36. The minimum Gasteiger partial charge on any atom is -0.496 e. The molecule has 1 N–H and O–H groups in total. The van der Waals surface area contributed by atoms with E-state index < -0.39 is 5.91 Å². The molecule has 28 heavy (non-hydrogen) atoms. The first kappa shape index (κ1) is 19.5. The molecule has 1 saturated heterocycles. The number of benzene rings is 2. The summed E-state index contributed by atoms with van der Waals surface area (Å²) in [4.78, 5) is 14.8. The van der Waals surface area contributed by atoms with E-state index in [1.165, 1.54) is 0 Å². The summed E-state index contributed by atoms with van der Waals surface area (Å²) in [5.74, 6) is 0.163. The van der Waals surface area contributed by atoms with Crippen molar-refractivity contribution >= 4 is 23.4 Å². The van der Waals surface area contributed by atoms with E-state index in [4.69, 9.17) is 9.47 Å². The molecule has 0 atom stereocenters. The van der Waals surface area contributed by atoms with Crippen LogP contribution in [0.3, 0.4) is 0 Å². The Kier molecular flexibility index (Phi) is 6.30. The molecule has 144 valence electrons. The zero-order chi connectivity index (χ0) is 19.9. The number of carbonyl (C=O) groups is 1. The Balaban J connectivity index is 1.84. The highest BCUT2D eigenvalue weighted by Crippen LogP contribution is 2.28. The van der Waals surface area contributed by atoms with Crippen LogP contribution >= 0.6 is 0 Å². The van der Waals surface area contributed by atoms with E-state index in [1.54, 1.807) is 19.3 Å². The van der Waals surface area contributed by atoms with E-state index >= 15 is 0 Å². The summed E-state index contributed by atoms with van der Waals surface area (Å²) in [6, 6.07) is 15.2. The normalized spacial score (nSPS) is 14.3. The number of para-hydroxylation sites is 1. The number of ether oxygens (including phenoxy) is 2. The maximum Gasteiger partial charge on any atom is 0.266 e. The summed E-state index contributed by atoms with van der Waals surface area (Å²) in [7, 11) is 1.58. The number of amides is 1. The van der Waals surface area contributed by atoms with E-state index in [0.717, 1.165) is 24.3 Å². The lowest BCUT2D eigenvalue weighted by Gasteiger charge is -2.29. The zero-order valence-corrected chi connectivity index (χ0v) is 16.1. The molecule has 3 rings (SSSR count). The molecule has 0 bridgehead atoms. The highest BCUT2D eigenvalue weighted by Gasteiger charge is 2.15. The molecule has 1 amide bonds. The van der Waals surface area contributed by atoms with Crippen molar-refractivity contribution in [2.24, 2.45) is 0 Å². The van der Waals surface area contributed by atoms with Crippen LogP contribution in [0.5, 0.6) is 5.75 Å². The van der Waals surface area contributed by atoms with Crippen molar-refractivity contribution in [1.29, 1.82) is 5.26 Å². The number of hydrogen-bond acceptors (Lipinski definition) is 5.